The van der Waals surface area contributed by atoms with Crippen LogP contribution in [0, 0.1) is 5.82 Å². The topological polar surface area (TPSA) is 75.4 Å². The van der Waals surface area contributed by atoms with Crippen molar-refractivity contribution in [3.05, 3.63) is 54.3 Å². The van der Waals surface area contributed by atoms with Crippen molar-refractivity contribution in [2.24, 2.45) is 0 Å². The Morgan fingerprint density at radius 2 is 1.86 bits per heavy atom. The molecule has 21 heavy (non-hydrogen) atoms. The van der Waals surface area contributed by atoms with Crippen LogP contribution in [0.4, 0.5) is 26.2 Å². The monoisotopic (exact) mass is 287 g/mol. The van der Waals surface area contributed by atoms with Crippen LogP contribution in [0.2, 0.25) is 0 Å². The number of benzene rings is 2. The van der Waals surface area contributed by atoms with Crippen LogP contribution < -0.4 is 16.0 Å². The second-order valence-corrected chi connectivity index (χ2v) is 4.36. The number of nitrogens with zero attached hydrogens (tertiary/aromatic N) is 1. The Kier molecular flexibility index (Phi) is 4.18. The lowest BCUT2D eigenvalue weighted by molar-refractivity contribution is -0.115. The van der Waals surface area contributed by atoms with Crippen molar-refractivity contribution in [3.63, 3.8) is 0 Å². The molecule has 0 atom stereocenters. The third kappa shape index (κ3) is 3.36. The highest BCUT2D eigenvalue weighted by molar-refractivity contribution is 6.17. The van der Waals surface area contributed by atoms with Crippen LogP contribution >= 0.6 is 0 Å². The normalized spacial score (nSPS) is 10.0. The summed E-state index contributed by atoms with van der Waals surface area (Å²) in [6, 6.07) is 11.3. The molecule has 0 aliphatic heterocycles. The van der Waals surface area contributed by atoms with Crippen LogP contribution in [0.1, 0.15) is 6.92 Å². The molecule has 0 unspecified atom stereocenters. The number of nitrogen functional groups attached to an aromatic ring is 1. The average molecular weight is 287 g/mol. The van der Waals surface area contributed by atoms with Gasteiger partial charge in [0.2, 0.25) is 5.91 Å². The Bertz CT molecular complexity index is 688. The Hall–Kier alpha value is -2.89. The molecule has 0 heterocycles. The standard InChI is InChI=1S/C15H14FN3O2/c1-10(20)19(12-6-4-5-11(17)9-12)15(21)18-14-8-3-2-7-13(14)16/h2-9H,17H2,1H3,(H,18,21). The smallest absolute Gasteiger partial charge is 0.333 e. The highest BCUT2D eigenvalue weighted by Gasteiger charge is 2.21. The minimum Gasteiger partial charge on any atom is -0.399 e. The number of rotatable bonds is 2. The molecule has 0 aromatic heterocycles. The fourth-order valence-electron chi connectivity index (χ4n) is 1.84. The van der Waals surface area contributed by atoms with E-state index in [9.17, 15) is 14.0 Å². The van der Waals surface area contributed by atoms with Crippen molar-refractivity contribution >= 4 is 29.0 Å². The molecule has 6 heteroatoms. The molecule has 0 aliphatic rings. The van der Waals surface area contributed by atoms with Gasteiger partial charge in [0.15, 0.2) is 0 Å². The van der Waals surface area contributed by atoms with Crippen LogP contribution in [-0.2, 0) is 4.79 Å². The van der Waals surface area contributed by atoms with Crippen LogP contribution in [0.15, 0.2) is 48.5 Å². The van der Waals surface area contributed by atoms with Gasteiger partial charge in [0.1, 0.15) is 5.82 Å². The number of anilines is 3. The number of imide groups is 1. The summed E-state index contributed by atoms with van der Waals surface area (Å²) in [4.78, 5) is 24.8. The Morgan fingerprint density at radius 1 is 1.14 bits per heavy atom. The van der Waals surface area contributed by atoms with Crippen molar-refractivity contribution in [1.82, 2.24) is 0 Å². The zero-order valence-electron chi connectivity index (χ0n) is 11.3. The molecule has 0 aliphatic carbocycles. The summed E-state index contributed by atoms with van der Waals surface area (Å²) in [6.07, 6.45) is 0. The van der Waals surface area contributed by atoms with Gasteiger partial charge in [0.05, 0.1) is 11.4 Å². The predicted molar refractivity (Wildman–Crippen MR) is 79.4 cm³/mol. The van der Waals surface area contributed by atoms with Crippen LogP contribution in [-0.4, -0.2) is 11.9 Å². The van der Waals surface area contributed by atoms with E-state index in [1.807, 2.05) is 0 Å². The zero-order chi connectivity index (χ0) is 15.4. The molecule has 0 spiro atoms. The molecule has 2 rings (SSSR count). The molecular weight excluding hydrogens is 273 g/mol. The largest absolute Gasteiger partial charge is 0.399 e. The predicted octanol–water partition coefficient (Wildman–Crippen LogP) is 2.99. The molecule has 2 aromatic rings. The first kappa shape index (κ1) is 14.5. The third-order valence-electron chi connectivity index (χ3n) is 2.76. The van der Waals surface area contributed by atoms with E-state index in [1.54, 1.807) is 24.3 Å². The van der Waals surface area contributed by atoms with Gasteiger partial charge in [-0.1, -0.05) is 18.2 Å². The van der Waals surface area contributed by atoms with Crippen molar-refractivity contribution in [3.8, 4) is 0 Å². The van der Waals surface area contributed by atoms with E-state index in [2.05, 4.69) is 5.32 Å². The van der Waals surface area contributed by atoms with E-state index < -0.39 is 17.8 Å². The van der Waals surface area contributed by atoms with Crippen molar-refractivity contribution in [2.75, 3.05) is 16.0 Å². The van der Waals surface area contributed by atoms with Crippen molar-refractivity contribution in [1.29, 1.82) is 0 Å². The van der Waals surface area contributed by atoms with Gasteiger partial charge in [-0.2, -0.15) is 0 Å². The number of carbonyl (C=O) groups is 2. The number of amides is 3. The van der Waals surface area contributed by atoms with Gasteiger partial charge in [-0.05, 0) is 30.3 Å². The summed E-state index contributed by atoms with van der Waals surface area (Å²) in [6.45, 7) is 1.24. The second kappa shape index (κ2) is 6.04. The molecule has 108 valence electrons. The van der Waals surface area contributed by atoms with E-state index in [-0.39, 0.29) is 5.69 Å². The number of nitrogens with one attached hydrogen (secondary N) is 1. The summed E-state index contributed by atoms with van der Waals surface area (Å²) in [5.74, 6) is -1.09. The van der Waals surface area contributed by atoms with Gasteiger partial charge in [-0.15, -0.1) is 0 Å². The minimum absolute atomic E-state index is 0.00217. The first-order valence-electron chi connectivity index (χ1n) is 6.21. The highest BCUT2D eigenvalue weighted by atomic mass is 19.1. The summed E-state index contributed by atoms with van der Waals surface area (Å²) in [5.41, 5.74) is 6.37. The Morgan fingerprint density at radius 3 is 2.48 bits per heavy atom. The first-order valence-corrected chi connectivity index (χ1v) is 6.21. The number of urea groups is 1. The average Bonchev–Trinajstić information content (AvgIpc) is 2.41. The SMILES string of the molecule is CC(=O)N(C(=O)Nc1ccccc1F)c1cccc(N)c1. The molecule has 0 saturated carbocycles. The summed E-state index contributed by atoms with van der Waals surface area (Å²) in [7, 11) is 0. The number of hydrogen-bond donors (Lipinski definition) is 2. The lowest BCUT2D eigenvalue weighted by atomic mass is 10.2. The van der Waals surface area contributed by atoms with Crippen LogP contribution in [0.5, 0.6) is 0 Å². The van der Waals surface area contributed by atoms with Gasteiger partial charge in [-0.3, -0.25) is 4.79 Å². The van der Waals surface area contributed by atoms with E-state index in [0.717, 1.165) is 4.90 Å². The molecule has 3 N–H and O–H groups in total. The maximum absolute atomic E-state index is 13.5. The van der Waals surface area contributed by atoms with Crippen LogP contribution in [0.25, 0.3) is 0 Å². The number of para-hydroxylation sites is 1. The zero-order valence-corrected chi connectivity index (χ0v) is 11.3. The lowest BCUT2D eigenvalue weighted by Crippen LogP contribution is -2.38. The number of halogens is 1. The maximum atomic E-state index is 13.5. The van der Waals surface area contributed by atoms with Gasteiger partial charge in [-0.25, -0.2) is 14.1 Å². The summed E-state index contributed by atoms with van der Waals surface area (Å²) in [5, 5.41) is 2.36. The fourth-order valence-corrected chi connectivity index (χ4v) is 1.84. The molecule has 0 radical (unpaired) electrons. The Labute approximate surface area is 121 Å². The fraction of sp³-hybridized carbons (Fsp3) is 0.0667. The molecule has 0 bridgehead atoms. The van der Waals surface area contributed by atoms with Gasteiger partial charge in [0, 0.05) is 12.6 Å². The lowest BCUT2D eigenvalue weighted by Gasteiger charge is -2.20. The number of nitrogens with two attached hydrogens (primary N) is 1. The molecule has 2 aromatic carbocycles. The molecule has 0 fully saturated rings. The summed E-state index contributed by atoms with van der Waals surface area (Å²) < 4.78 is 13.5. The van der Waals surface area contributed by atoms with Gasteiger partial charge in [0.25, 0.3) is 0 Å². The van der Waals surface area contributed by atoms with Gasteiger partial charge >= 0.3 is 6.03 Å². The van der Waals surface area contributed by atoms with Gasteiger partial charge < -0.3 is 11.1 Å². The number of carbonyl (C=O) groups excluding carboxylic acids is 2. The summed E-state index contributed by atoms with van der Waals surface area (Å²) >= 11 is 0. The Balaban J connectivity index is 2.29. The third-order valence-corrected chi connectivity index (χ3v) is 2.76. The van der Waals surface area contributed by atoms with Crippen LogP contribution in [0.3, 0.4) is 0 Å². The first-order chi connectivity index (χ1) is 9.99. The molecule has 0 saturated heterocycles. The minimum atomic E-state index is -0.752. The molecule has 5 nitrogen and oxygen atoms in total. The maximum Gasteiger partial charge on any atom is 0.333 e. The van der Waals surface area contributed by atoms with E-state index in [1.165, 1.54) is 31.2 Å². The van der Waals surface area contributed by atoms with Crippen molar-refractivity contribution in [2.45, 2.75) is 6.92 Å². The highest BCUT2D eigenvalue weighted by Crippen LogP contribution is 2.20. The molecular formula is C15H14FN3O2. The second-order valence-electron chi connectivity index (χ2n) is 4.36. The van der Waals surface area contributed by atoms with E-state index in [4.69, 9.17) is 5.73 Å². The number of hydrogen-bond acceptors (Lipinski definition) is 3. The quantitative estimate of drug-likeness (QED) is 0.834. The van der Waals surface area contributed by atoms with E-state index in [0.29, 0.717) is 11.4 Å². The molecule has 3 amide bonds. The van der Waals surface area contributed by atoms with Crippen molar-refractivity contribution < 1.29 is 14.0 Å². The van der Waals surface area contributed by atoms with E-state index >= 15 is 0 Å².